The molecule has 0 aliphatic carbocycles. The summed E-state index contributed by atoms with van der Waals surface area (Å²) in [6, 6.07) is 5.42. The number of hydrogen-bond acceptors (Lipinski definition) is 4. The van der Waals surface area contributed by atoms with Gasteiger partial charge in [0.2, 0.25) is 0 Å². The first kappa shape index (κ1) is 9.45. The molecule has 0 saturated carbocycles. The first-order valence-corrected chi connectivity index (χ1v) is 4.50. The fraction of sp³-hybridized carbons (Fsp3) is 0.0909. The molecule has 0 fully saturated rings. The van der Waals surface area contributed by atoms with E-state index in [1.807, 2.05) is 6.07 Å². The maximum Gasteiger partial charge on any atom is 0.137 e. The molecular weight excluding hydrogens is 190 g/mol. The second-order valence-corrected chi connectivity index (χ2v) is 3.09. The Kier molecular flexibility index (Phi) is 2.49. The third-order valence-corrected chi connectivity index (χ3v) is 2.03. The molecule has 0 saturated heterocycles. The fourth-order valence-corrected chi connectivity index (χ4v) is 1.28. The summed E-state index contributed by atoms with van der Waals surface area (Å²) in [5, 5.41) is 0. The molecule has 2 aromatic heterocycles. The predicted molar refractivity (Wildman–Crippen MR) is 58.4 cm³/mol. The molecule has 0 atom stereocenters. The predicted octanol–water partition coefficient (Wildman–Crippen LogP) is 1.73. The van der Waals surface area contributed by atoms with Crippen LogP contribution in [0.3, 0.4) is 0 Å². The van der Waals surface area contributed by atoms with Crippen LogP contribution in [0, 0.1) is 0 Å². The maximum atomic E-state index is 5.67. The van der Waals surface area contributed by atoms with Gasteiger partial charge in [-0.2, -0.15) is 0 Å². The summed E-state index contributed by atoms with van der Waals surface area (Å²) in [6.07, 6.45) is 5.05. The van der Waals surface area contributed by atoms with E-state index in [4.69, 9.17) is 10.5 Å². The molecule has 0 radical (unpaired) electrons. The van der Waals surface area contributed by atoms with Gasteiger partial charge >= 0.3 is 0 Å². The molecule has 2 aromatic rings. The molecule has 4 heteroatoms. The van der Waals surface area contributed by atoms with Crippen LogP contribution in [0.25, 0.3) is 11.3 Å². The summed E-state index contributed by atoms with van der Waals surface area (Å²) >= 11 is 0. The van der Waals surface area contributed by atoms with E-state index >= 15 is 0 Å². The minimum atomic E-state index is 0.683. The molecule has 76 valence electrons. The summed E-state index contributed by atoms with van der Waals surface area (Å²) < 4.78 is 5.09. The van der Waals surface area contributed by atoms with E-state index in [0.29, 0.717) is 11.4 Å². The van der Waals surface area contributed by atoms with Gasteiger partial charge in [0.05, 0.1) is 19.0 Å². The molecule has 0 unspecified atom stereocenters. The molecule has 0 aliphatic rings. The van der Waals surface area contributed by atoms with Crippen molar-refractivity contribution in [1.29, 1.82) is 0 Å². The molecule has 0 bridgehead atoms. The Morgan fingerprint density at radius 2 is 2.13 bits per heavy atom. The average molecular weight is 201 g/mol. The van der Waals surface area contributed by atoms with Crippen LogP contribution in [0.15, 0.2) is 36.8 Å². The van der Waals surface area contributed by atoms with Crippen molar-refractivity contribution in [1.82, 2.24) is 9.97 Å². The lowest BCUT2D eigenvalue weighted by atomic mass is 10.2. The summed E-state index contributed by atoms with van der Waals surface area (Å²) in [5.41, 5.74) is 8.04. The Labute approximate surface area is 87.7 Å². The molecule has 15 heavy (non-hydrogen) atoms. The van der Waals surface area contributed by atoms with Gasteiger partial charge in [-0.05, 0) is 18.2 Å². The number of pyridine rings is 2. The number of anilines is 1. The molecule has 0 aliphatic heterocycles. The van der Waals surface area contributed by atoms with Crippen molar-refractivity contribution in [3.63, 3.8) is 0 Å². The van der Waals surface area contributed by atoms with E-state index in [1.54, 1.807) is 37.8 Å². The van der Waals surface area contributed by atoms with Crippen molar-refractivity contribution < 1.29 is 4.74 Å². The average Bonchev–Trinajstić information content (AvgIpc) is 2.29. The second-order valence-electron chi connectivity index (χ2n) is 3.09. The van der Waals surface area contributed by atoms with E-state index in [9.17, 15) is 0 Å². The molecular formula is C11H11N3O. The minimum Gasteiger partial charge on any atom is -0.495 e. The van der Waals surface area contributed by atoms with Gasteiger partial charge in [-0.25, -0.2) is 0 Å². The Morgan fingerprint density at radius 1 is 1.27 bits per heavy atom. The third-order valence-electron chi connectivity index (χ3n) is 2.03. The van der Waals surface area contributed by atoms with E-state index < -0.39 is 0 Å². The number of rotatable bonds is 2. The highest BCUT2D eigenvalue weighted by Gasteiger charge is 2.01. The zero-order valence-corrected chi connectivity index (χ0v) is 8.34. The van der Waals surface area contributed by atoms with Gasteiger partial charge < -0.3 is 10.5 Å². The SMILES string of the molecule is COc1cncc(-c2cc(N)ccn2)c1. The fourth-order valence-electron chi connectivity index (χ4n) is 1.28. The van der Waals surface area contributed by atoms with Gasteiger partial charge in [0.25, 0.3) is 0 Å². The van der Waals surface area contributed by atoms with Crippen LogP contribution in [-0.2, 0) is 0 Å². The molecule has 4 nitrogen and oxygen atoms in total. The van der Waals surface area contributed by atoms with Crippen LogP contribution in [0.4, 0.5) is 5.69 Å². The van der Waals surface area contributed by atoms with Crippen molar-refractivity contribution in [3.8, 4) is 17.0 Å². The molecule has 2 N–H and O–H groups in total. The standard InChI is InChI=1S/C11H11N3O/c1-15-10-4-8(6-13-7-10)11-5-9(12)2-3-14-11/h2-7H,1H3,(H2,12,14). The zero-order valence-electron chi connectivity index (χ0n) is 8.34. The summed E-state index contributed by atoms with van der Waals surface area (Å²) in [6.45, 7) is 0. The van der Waals surface area contributed by atoms with Crippen LogP contribution in [0.5, 0.6) is 5.75 Å². The number of hydrogen-bond donors (Lipinski definition) is 1. The van der Waals surface area contributed by atoms with E-state index in [1.165, 1.54) is 0 Å². The first-order chi connectivity index (χ1) is 7.29. The topological polar surface area (TPSA) is 61.0 Å². The van der Waals surface area contributed by atoms with E-state index in [-0.39, 0.29) is 0 Å². The van der Waals surface area contributed by atoms with Crippen molar-refractivity contribution in [3.05, 3.63) is 36.8 Å². The number of ether oxygens (including phenoxy) is 1. The van der Waals surface area contributed by atoms with Crippen LogP contribution in [-0.4, -0.2) is 17.1 Å². The van der Waals surface area contributed by atoms with E-state index in [2.05, 4.69) is 9.97 Å². The van der Waals surface area contributed by atoms with Crippen LogP contribution < -0.4 is 10.5 Å². The van der Waals surface area contributed by atoms with Gasteiger partial charge in [-0.15, -0.1) is 0 Å². The maximum absolute atomic E-state index is 5.67. The Bertz CT molecular complexity index is 471. The number of nitrogens with zero attached hydrogens (tertiary/aromatic N) is 2. The number of aromatic nitrogens is 2. The van der Waals surface area contributed by atoms with Crippen molar-refractivity contribution >= 4 is 5.69 Å². The summed E-state index contributed by atoms with van der Waals surface area (Å²) in [4.78, 5) is 8.27. The quantitative estimate of drug-likeness (QED) is 0.803. The smallest absolute Gasteiger partial charge is 0.137 e. The van der Waals surface area contributed by atoms with Crippen molar-refractivity contribution in [2.75, 3.05) is 12.8 Å². The Morgan fingerprint density at radius 3 is 2.87 bits per heavy atom. The monoisotopic (exact) mass is 201 g/mol. The number of methoxy groups -OCH3 is 1. The normalized spacial score (nSPS) is 9.93. The van der Waals surface area contributed by atoms with Gasteiger partial charge in [-0.1, -0.05) is 0 Å². The zero-order chi connectivity index (χ0) is 10.7. The lowest BCUT2D eigenvalue weighted by Gasteiger charge is -2.03. The molecule has 0 amide bonds. The molecule has 2 rings (SSSR count). The highest BCUT2D eigenvalue weighted by molar-refractivity contribution is 5.63. The lowest BCUT2D eigenvalue weighted by Crippen LogP contribution is -1.90. The lowest BCUT2D eigenvalue weighted by molar-refractivity contribution is 0.413. The molecule has 0 spiro atoms. The Hall–Kier alpha value is -2.10. The molecule has 0 aromatic carbocycles. The van der Waals surface area contributed by atoms with Crippen LogP contribution >= 0.6 is 0 Å². The third kappa shape index (κ3) is 2.04. The largest absolute Gasteiger partial charge is 0.495 e. The van der Waals surface area contributed by atoms with E-state index in [0.717, 1.165) is 11.3 Å². The number of nitrogens with two attached hydrogens (primary N) is 1. The Balaban J connectivity index is 2.44. The van der Waals surface area contributed by atoms with Gasteiger partial charge in [-0.3, -0.25) is 9.97 Å². The van der Waals surface area contributed by atoms with Gasteiger partial charge in [0.15, 0.2) is 0 Å². The highest BCUT2D eigenvalue weighted by Crippen LogP contribution is 2.21. The molecule has 2 heterocycles. The van der Waals surface area contributed by atoms with Crippen molar-refractivity contribution in [2.24, 2.45) is 0 Å². The van der Waals surface area contributed by atoms with Crippen LogP contribution in [0.2, 0.25) is 0 Å². The number of nitrogen functional groups attached to an aromatic ring is 1. The first-order valence-electron chi connectivity index (χ1n) is 4.50. The van der Waals surface area contributed by atoms with Crippen molar-refractivity contribution in [2.45, 2.75) is 0 Å². The summed E-state index contributed by atoms with van der Waals surface area (Å²) in [5.74, 6) is 0.705. The minimum absolute atomic E-state index is 0.683. The van der Waals surface area contributed by atoms with Gasteiger partial charge in [0, 0.05) is 23.6 Å². The highest BCUT2D eigenvalue weighted by atomic mass is 16.5. The van der Waals surface area contributed by atoms with Crippen LogP contribution in [0.1, 0.15) is 0 Å². The second kappa shape index (κ2) is 3.96. The summed E-state index contributed by atoms with van der Waals surface area (Å²) in [7, 11) is 1.60. The van der Waals surface area contributed by atoms with Gasteiger partial charge in [0.1, 0.15) is 5.75 Å².